The van der Waals surface area contributed by atoms with Crippen LogP contribution in [0.2, 0.25) is 0 Å². The summed E-state index contributed by atoms with van der Waals surface area (Å²) < 4.78 is 16.8. The molecule has 0 saturated carbocycles. The van der Waals surface area contributed by atoms with Gasteiger partial charge in [-0.05, 0) is 44.9 Å². The number of unbranched alkanes of at least 4 members (excludes halogenated alkanes) is 35. The summed E-state index contributed by atoms with van der Waals surface area (Å²) in [5, 5.41) is 0. The van der Waals surface area contributed by atoms with E-state index >= 15 is 0 Å². The highest BCUT2D eigenvalue weighted by Crippen LogP contribution is 2.16. The maximum Gasteiger partial charge on any atom is 0.306 e. The van der Waals surface area contributed by atoms with E-state index < -0.39 is 6.10 Å². The molecule has 0 spiro atoms. The zero-order chi connectivity index (χ0) is 44.4. The highest BCUT2D eigenvalue weighted by Gasteiger charge is 2.19. The molecule has 0 radical (unpaired) electrons. The predicted molar refractivity (Wildman–Crippen MR) is 261 cm³/mol. The number of hydrogen-bond acceptors (Lipinski definition) is 6. The summed E-state index contributed by atoms with van der Waals surface area (Å²) in [4.78, 5) is 38.0. The zero-order valence-electron chi connectivity index (χ0n) is 40.9. The first-order valence-electron chi connectivity index (χ1n) is 26.9. The second-order valence-corrected chi connectivity index (χ2v) is 18.2. The lowest BCUT2D eigenvalue weighted by Crippen LogP contribution is -2.30. The molecule has 0 N–H and O–H groups in total. The Kier molecular flexibility index (Phi) is 48.8. The molecule has 0 fully saturated rings. The van der Waals surface area contributed by atoms with Crippen molar-refractivity contribution >= 4 is 17.9 Å². The first kappa shape index (κ1) is 58.9. The molecule has 0 amide bonds. The maximum atomic E-state index is 12.8. The topological polar surface area (TPSA) is 78.9 Å². The molecule has 1 atom stereocenters. The summed E-state index contributed by atoms with van der Waals surface area (Å²) in [6.07, 6.45) is 57.2. The van der Waals surface area contributed by atoms with E-state index in [1.807, 2.05) is 0 Å². The van der Waals surface area contributed by atoms with Gasteiger partial charge in [0.15, 0.2) is 6.10 Å². The molecule has 0 heterocycles. The zero-order valence-corrected chi connectivity index (χ0v) is 40.9. The van der Waals surface area contributed by atoms with Gasteiger partial charge in [-0.15, -0.1) is 0 Å². The minimum absolute atomic E-state index is 0.0699. The molecule has 0 aliphatic rings. The van der Waals surface area contributed by atoms with Gasteiger partial charge in [0.05, 0.1) is 0 Å². The van der Waals surface area contributed by atoms with Crippen LogP contribution in [0.25, 0.3) is 0 Å². The Morgan fingerprint density at radius 2 is 0.574 bits per heavy atom. The number of rotatable bonds is 49. The first-order chi connectivity index (χ1) is 30.0. The predicted octanol–water partition coefficient (Wildman–Crippen LogP) is 17.5. The van der Waals surface area contributed by atoms with Crippen molar-refractivity contribution in [2.24, 2.45) is 0 Å². The Morgan fingerprint density at radius 3 is 0.902 bits per heavy atom. The van der Waals surface area contributed by atoms with E-state index in [1.165, 1.54) is 186 Å². The maximum absolute atomic E-state index is 12.8. The van der Waals surface area contributed by atoms with Gasteiger partial charge in [0.25, 0.3) is 0 Å². The lowest BCUT2D eigenvalue weighted by Gasteiger charge is -2.18. The SMILES string of the molecule is CCCCC/C=C\C=C/CCCCCCCCC(=O)OCC(COC(=O)CCCCCCCCCCCCCCC)OC(=O)CCCCCCCCCCCCCCCCC. The standard InChI is InChI=1S/C55H102O6/c1-4-7-10-13-16-19-22-25-27-30-33-36-39-42-45-48-54(57)60-51-52(50-59-53(56)47-44-41-38-35-32-29-24-21-18-15-12-9-6-3)61-55(58)49-46-43-40-37-34-31-28-26-23-20-17-14-11-8-5-2/h16,19,22,25,52H,4-15,17-18,20-21,23-24,26-51H2,1-3H3/b19-16-,25-22-. The van der Waals surface area contributed by atoms with E-state index in [0.717, 1.165) is 64.2 Å². The highest BCUT2D eigenvalue weighted by molar-refractivity contribution is 5.71. The van der Waals surface area contributed by atoms with Crippen LogP contribution in [-0.2, 0) is 28.6 Å². The lowest BCUT2D eigenvalue weighted by atomic mass is 10.0. The minimum atomic E-state index is -0.769. The molecule has 0 aliphatic heterocycles. The lowest BCUT2D eigenvalue weighted by molar-refractivity contribution is -0.167. The summed E-state index contributed by atoms with van der Waals surface area (Å²) in [6.45, 7) is 6.63. The van der Waals surface area contributed by atoms with Crippen molar-refractivity contribution in [3.05, 3.63) is 24.3 Å². The quantitative estimate of drug-likeness (QED) is 0.0262. The third-order valence-electron chi connectivity index (χ3n) is 12.0. The van der Waals surface area contributed by atoms with Crippen LogP contribution in [0, 0.1) is 0 Å². The van der Waals surface area contributed by atoms with Crippen LogP contribution in [-0.4, -0.2) is 37.2 Å². The second-order valence-electron chi connectivity index (χ2n) is 18.2. The summed E-state index contributed by atoms with van der Waals surface area (Å²) in [6, 6.07) is 0. The number of carbonyl (C=O) groups excluding carboxylic acids is 3. The summed E-state index contributed by atoms with van der Waals surface area (Å²) >= 11 is 0. The summed E-state index contributed by atoms with van der Waals surface area (Å²) in [5.74, 6) is -0.865. The molecule has 358 valence electrons. The Bertz CT molecular complexity index is 989. The smallest absolute Gasteiger partial charge is 0.306 e. The molecule has 0 aliphatic carbocycles. The fourth-order valence-corrected chi connectivity index (χ4v) is 7.91. The van der Waals surface area contributed by atoms with Crippen LogP contribution < -0.4 is 0 Å². The number of ether oxygens (including phenoxy) is 3. The van der Waals surface area contributed by atoms with Gasteiger partial charge in [-0.1, -0.05) is 251 Å². The average Bonchev–Trinajstić information content (AvgIpc) is 3.26. The molecule has 1 unspecified atom stereocenters. The van der Waals surface area contributed by atoms with Crippen molar-refractivity contribution in [2.75, 3.05) is 13.2 Å². The van der Waals surface area contributed by atoms with Crippen LogP contribution in [0.3, 0.4) is 0 Å². The molecule has 0 aromatic heterocycles. The normalized spacial score (nSPS) is 12.1. The van der Waals surface area contributed by atoms with Crippen molar-refractivity contribution in [1.29, 1.82) is 0 Å². The first-order valence-corrected chi connectivity index (χ1v) is 26.9. The largest absolute Gasteiger partial charge is 0.462 e. The molecule has 61 heavy (non-hydrogen) atoms. The van der Waals surface area contributed by atoms with Crippen molar-refractivity contribution in [2.45, 2.75) is 297 Å². The molecule has 6 nitrogen and oxygen atoms in total. The average molecular weight is 859 g/mol. The van der Waals surface area contributed by atoms with E-state index in [1.54, 1.807) is 0 Å². The van der Waals surface area contributed by atoms with Gasteiger partial charge in [0.2, 0.25) is 0 Å². The molecule has 0 bridgehead atoms. The van der Waals surface area contributed by atoms with Gasteiger partial charge < -0.3 is 14.2 Å². The Hall–Kier alpha value is -2.11. The van der Waals surface area contributed by atoms with Crippen LogP contribution in [0.5, 0.6) is 0 Å². The Balaban J connectivity index is 4.35. The van der Waals surface area contributed by atoms with E-state index in [0.29, 0.717) is 19.3 Å². The van der Waals surface area contributed by atoms with Crippen molar-refractivity contribution in [3.63, 3.8) is 0 Å². The number of carbonyl (C=O) groups is 3. The summed E-state index contributed by atoms with van der Waals surface area (Å²) in [5.41, 5.74) is 0. The highest BCUT2D eigenvalue weighted by atomic mass is 16.6. The number of esters is 3. The van der Waals surface area contributed by atoms with Gasteiger partial charge in [-0.3, -0.25) is 14.4 Å². The van der Waals surface area contributed by atoms with E-state index in [4.69, 9.17) is 14.2 Å². The van der Waals surface area contributed by atoms with Crippen LogP contribution >= 0.6 is 0 Å². The van der Waals surface area contributed by atoms with Crippen molar-refractivity contribution in [1.82, 2.24) is 0 Å². The van der Waals surface area contributed by atoms with Crippen LogP contribution in [0.4, 0.5) is 0 Å². The third kappa shape index (κ3) is 48.8. The molecular formula is C55H102O6. The molecule has 0 aromatic carbocycles. The van der Waals surface area contributed by atoms with Gasteiger partial charge in [0.1, 0.15) is 13.2 Å². The second kappa shape index (κ2) is 50.5. The monoisotopic (exact) mass is 859 g/mol. The molecule has 0 aromatic rings. The van der Waals surface area contributed by atoms with E-state index in [-0.39, 0.29) is 31.1 Å². The van der Waals surface area contributed by atoms with Crippen molar-refractivity contribution < 1.29 is 28.6 Å². The molecule has 0 saturated heterocycles. The molecular weight excluding hydrogens is 757 g/mol. The van der Waals surface area contributed by atoms with Gasteiger partial charge in [-0.25, -0.2) is 0 Å². The fraction of sp³-hybridized carbons (Fsp3) is 0.873. The van der Waals surface area contributed by atoms with Gasteiger partial charge >= 0.3 is 17.9 Å². The number of hydrogen-bond donors (Lipinski definition) is 0. The Morgan fingerprint density at radius 1 is 0.328 bits per heavy atom. The minimum Gasteiger partial charge on any atom is -0.462 e. The Labute approximate surface area is 379 Å². The summed E-state index contributed by atoms with van der Waals surface area (Å²) in [7, 11) is 0. The van der Waals surface area contributed by atoms with Crippen molar-refractivity contribution in [3.8, 4) is 0 Å². The van der Waals surface area contributed by atoms with E-state index in [9.17, 15) is 14.4 Å². The van der Waals surface area contributed by atoms with Crippen LogP contribution in [0.1, 0.15) is 290 Å². The molecule has 0 rings (SSSR count). The van der Waals surface area contributed by atoms with Gasteiger partial charge in [-0.2, -0.15) is 0 Å². The van der Waals surface area contributed by atoms with Gasteiger partial charge in [0, 0.05) is 19.3 Å². The third-order valence-corrected chi connectivity index (χ3v) is 12.0. The fourth-order valence-electron chi connectivity index (χ4n) is 7.91. The molecule has 6 heteroatoms. The van der Waals surface area contributed by atoms with E-state index in [2.05, 4.69) is 45.1 Å². The van der Waals surface area contributed by atoms with Crippen LogP contribution in [0.15, 0.2) is 24.3 Å². The number of allylic oxidation sites excluding steroid dienone is 4.